The second kappa shape index (κ2) is 6.85. The lowest BCUT2D eigenvalue weighted by Gasteiger charge is -2.03. The van der Waals surface area contributed by atoms with Gasteiger partial charge in [0, 0.05) is 12.7 Å². The standard InChI is InChI=1S/C15H15N5O4S/c1-2-20-12(8-9-16-20)14(21)17-15-19-18-13(24-15)10-25(22,23)11-6-4-3-5-7-11/h3-9H,2,10H2,1H3,(H,17,19,21). The number of rotatable bonds is 6. The summed E-state index contributed by atoms with van der Waals surface area (Å²) in [7, 11) is -3.61. The Morgan fingerprint density at radius 2 is 1.96 bits per heavy atom. The number of nitrogens with zero attached hydrogens (tertiary/aromatic N) is 4. The number of carbonyl (C=O) groups is 1. The molecule has 130 valence electrons. The van der Waals surface area contributed by atoms with Gasteiger partial charge in [0.2, 0.25) is 5.89 Å². The molecule has 10 heteroatoms. The van der Waals surface area contributed by atoms with E-state index in [1.807, 2.05) is 6.92 Å². The summed E-state index contributed by atoms with van der Waals surface area (Å²) in [5.74, 6) is -1.03. The minimum Gasteiger partial charge on any atom is -0.407 e. The lowest BCUT2D eigenvalue weighted by molar-refractivity contribution is 0.101. The quantitative estimate of drug-likeness (QED) is 0.706. The fourth-order valence-corrected chi connectivity index (χ4v) is 3.36. The molecule has 0 aliphatic heterocycles. The fourth-order valence-electron chi connectivity index (χ4n) is 2.17. The molecule has 0 saturated carbocycles. The number of nitrogens with one attached hydrogen (secondary N) is 1. The molecule has 1 amide bonds. The Kier molecular flexibility index (Phi) is 4.61. The lowest BCUT2D eigenvalue weighted by atomic mass is 10.4. The van der Waals surface area contributed by atoms with Crippen molar-refractivity contribution in [1.82, 2.24) is 20.0 Å². The minimum atomic E-state index is -3.61. The highest BCUT2D eigenvalue weighted by Crippen LogP contribution is 2.17. The number of amides is 1. The van der Waals surface area contributed by atoms with Crippen LogP contribution in [-0.4, -0.2) is 34.3 Å². The predicted octanol–water partition coefficient (Wildman–Crippen LogP) is 1.51. The summed E-state index contributed by atoms with van der Waals surface area (Å²) in [5.41, 5.74) is 0.333. The summed E-state index contributed by atoms with van der Waals surface area (Å²) in [6.45, 7) is 2.38. The van der Waals surface area contributed by atoms with Gasteiger partial charge in [0.15, 0.2) is 9.84 Å². The first-order chi connectivity index (χ1) is 12.0. The van der Waals surface area contributed by atoms with Crippen LogP contribution in [0.2, 0.25) is 0 Å². The van der Waals surface area contributed by atoms with Crippen LogP contribution in [0.3, 0.4) is 0 Å². The number of anilines is 1. The highest BCUT2D eigenvalue weighted by atomic mass is 32.2. The van der Waals surface area contributed by atoms with Crippen LogP contribution in [0, 0.1) is 0 Å². The Balaban J connectivity index is 1.72. The van der Waals surface area contributed by atoms with Crippen molar-refractivity contribution in [2.45, 2.75) is 24.1 Å². The predicted molar refractivity (Wildman–Crippen MR) is 87.5 cm³/mol. The highest BCUT2D eigenvalue weighted by Gasteiger charge is 2.20. The third-order valence-electron chi connectivity index (χ3n) is 3.35. The van der Waals surface area contributed by atoms with Crippen molar-refractivity contribution in [3.8, 4) is 0 Å². The average Bonchev–Trinajstić information content (AvgIpc) is 3.24. The van der Waals surface area contributed by atoms with E-state index >= 15 is 0 Å². The van der Waals surface area contributed by atoms with Crippen molar-refractivity contribution in [2.75, 3.05) is 5.32 Å². The summed E-state index contributed by atoms with van der Waals surface area (Å²) >= 11 is 0. The molecule has 2 heterocycles. The molecule has 0 spiro atoms. The number of aromatic nitrogens is 4. The molecule has 9 nitrogen and oxygen atoms in total. The zero-order chi connectivity index (χ0) is 17.9. The van der Waals surface area contributed by atoms with E-state index in [9.17, 15) is 13.2 Å². The summed E-state index contributed by atoms with van der Waals surface area (Å²) in [6, 6.07) is 9.33. The Labute approximate surface area is 143 Å². The van der Waals surface area contributed by atoms with Gasteiger partial charge < -0.3 is 4.42 Å². The molecule has 0 saturated heterocycles. The molecule has 0 radical (unpaired) electrons. The van der Waals surface area contributed by atoms with Gasteiger partial charge in [-0.15, -0.1) is 5.10 Å². The van der Waals surface area contributed by atoms with Gasteiger partial charge in [0.25, 0.3) is 5.91 Å². The number of hydrogen-bond acceptors (Lipinski definition) is 7. The third kappa shape index (κ3) is 3.74. The van der Waals surface area contributed by atoms with Crippen LogP contribution in [0.25, 0.3) is 0 Å². The van der Waals surface area contributed by atoms with E-state index in [-0.39, 0.29) is 16.8 Å². The van der Waals surface area contributed by atoms with Crippen LogP contribution in [0.1, 0.15) is 23.3 Å². The van der Waals surface area contributed by atoms with E-state index in [0.717, 1.165) is 0 Å². The summed E-state index contributed by atoms with van der Waals surface area (Å²) in [4.78, 5) is 12.3. The van der Waals surface area contributed by atoms with Gasteiger partial charge in [-0.25, -0.2) is 8.42 Å². The van der Waals surface area contributed by atoms with Crippen molar-refractivity contribution in [2.24, 2.45) is 0 Å². The summed E-state index contributed by atoms with van der Waals surface area (Å²) in [6.07, 6.45) is 1.50. The Bertz CT molecular complexity index is 978. The van der Waals surface area contributed by atoms with Crippen molar-refractivity contribution in [3.05, 3.63) is 54.2 Å². The lowest BCUT2D eigenvalue weighted by Crippen LogP contribution is -2.17. The van der Waals surface area contributed by atoms with Crippen molar-refractivity contribution < 1.29 is 17.6 Å². The normalized spacial score (nSPS) is 11.4. The Hall–Kier alpha value is -3.01. The molecule has 1 aromatic carbocycles. The molecule has 25 heavy (non-hydrogen) atoms. The number of carbonyl (C=O) groups excluding carboxylic acids is 1. The van der Waals surface area contributed by atoms with E-state index in [1.165, 1.54) is 23.0 Å². The molecule has 2 aromatic heterocycles. The topological polar surface area (TPSA) is 120 Å². The first-order valence-electron chi connectivity index (χ1n) is 7.43. The van der Waals surface area contributed by atoms with Crippen LogP contribution < -0.4 is 5.32 Å². The van der Waals surface area contributed by atoms with E-state index in [2.05, 4.69) is 20.6 Å². The minimum absolute atomic E-state index is 0.108. The largest absolute Gasteiger partial charge is 0.407 e. The molecular formula is C15H15N5O4S. The fraction of sp³-hybridized carbons (Fsp3) is 0.200. The number of sulfone groups is 1. The van der Waals surface area contributed by atoms with E-state index in [0.29, 0.717) is 12.2 Å². The molecule has 0 unspecified atom stereocenters. The smallest absolute Gasteiger partial charge is 0.322 e. The SMILES string of the molecule is CCn1nccc1C(=O)Nc1nnc(CS(=O)(=O)c2ccccc2)o1. The van der Waals surface area contributed by atoms with Gasteiger partial charge in [-0.2, -0.15) is 5.10 Å². The molecule has 0 fully saturated rings. The molecule has 1 N–H and O–H groups in total. The third-order valence-corrected chi connectivity index (χ3v) is 4.97. The second-order valence-electron chi connectivity index (χ2n) is 5.06. The Morgan fingerprint density at radius 3 is 2.68 bits per heavy atom. The van der Waals surface area contributed by atoms with Crippen molar-refractivity contribution in [3.63, 3.8) is 0 Å². The van der Waals surface area contributed by atoms with Crippen LogP contribution in [0.15, 0.2) is 51.9 Å². The molecule has 0 bridgehead atoms. The van der Waals surface area contributed by atoms with Gasteiger partial charge >= 0.3 is 6.01 Å². The number of benzene rings is 1. The Morgan fingerprint density at radius 1 is 1.20 bits per heavy atom. The van der Waals surface area contributed by atoms with Gasteiger partial charge in [-0.1, -0.05) is 23.3 Å². The summed E-state index contributed by atoms with van der Waals surface area (Å²) < 4.78 is 31.3. The van der Waals surface area contributed by atoms with Crippen LogP contribution in [0.5, 0.6) is 0 Å². The maximum Gasteiger partial charge on any atom is 0.322 e. The van der Waals surface area contributed by atoms with Crippen LogP contribution in [-0.2, 0) is 22.1 Å². The first-order valence-corrected chi connectivity index (χ1v) is 9.08. The zero-order valence-corrected chi connectivity index (χ0v) is 14.1. The molecule has 0 aliphatic rings. The molecular weight excluding hydrogens is 346 g/mol. The van der Waals surface area contributed by atoms with E-state index in [4.69, 9.17) is 4.42 Å². The van der Waals surface area contributed by atoms with Gasteiger partial charge in [-0.05, 0) is 25.1 Å². The highest BCUT2D eigenvalue weighted by molar-refractivity contribution is 7.90. The van der Waals surface area contributed by atoms with E-state index in [1.54, 1.807) is 24.3 Å². The molecule has 0 atom stereocenters. The van der Waals surface area contributed by atoms with Crippen LogP contribution in [0.4, 0.5) is 6.01 Å². The summed E-state index contributed by atoms with van der Waals surface area (Å²) in [5, 5.41) is 13.8. The maximum atomic E-state index is 12.3. The van der Waals surface area contributed by atoms with Crippen LogP contribution >= 0.6 is 0 Å². The first kappa shape index (κ1) is 16.8. The zero-order valence-electron chi connectivity index (χ0n) is 13.3. The monoisotopic (exact) mass is 361 g/mol. The number of aryl methyl sites for hydroxylation is 1. The van der Waals surface area contributed by atoms with Gasteiger partial charge in [0.1, 0.15) is 11.4 Å². The van der Waals surface area contributed by atoms with Gasteiger partial charge in [0.05, 0.1) is 4.90 Å². The second-order valence-corrected chi connectivity index (χ2v) is 7.05. The molecule has 0 aliphatic carbocycles. The molecule has 3 aromatic rings. The average molecular weight is 361 g/mol. The van der Waals surface area contributed by atoms with Crippen molar-refractivity contribution in [1.29, 1.82) is 0 Å². The van der Waals surface area contributed by atoms with Crippen molar-refractivity contribution >= 4 is 21.8 Å². The van der Waals surface area contributed by atoms with Gasteiger partial charge in [-0.3, -0.25) is 14.8 Å². The number of hydrogen-bond donors (Lipinski definition) is 1. The molecule has 3 rings (SSSR count). The van der Waals surface area contributed by atoms with E-state index < -0.39 is 21.5 Å². The maximum absolute atomic E-state index is 12.3.